The molecular weight excluding hydrogens is 322 g/mol. The van der Waals surface area contributed by atoms with E-state index in [0.717, 1.165) is 13.1 Å². The molecular formula is C19H30BrN. The molecule has 0 spiro atoms. The summed E-state index contributed by atoms with van der Waals surface area (Å²) < 4.78 is 1.28. The molecule has 0 atom stereocenters. The lowest BCUT2D eigenvalue weighted by Crippen LogP contribution is -2.54. The van der Waals surface area contributed by atoms with Gasteiger partial charge >= 0.3 is 0 Å². The summed E-state index contributed by atoms with van der Waals surface area (Å²) in [6.45, 7) is 11.5. The first-order valence-corrected chi connectivity index (χ1v) is 9.22. The molecule has 1 nitrogen and oxygen atoms in total. The van der Waals surface area contributed by atoms with E-state index in [0.29, 0.717) is 16.7 Å². The molecule has 0 aromatic heterocycles. The lowest BCUT2D eigenvalue weighted by Gasteiger charge is -2.57. The molecule has 1 aromatic rings. The Morgan fingerprint density at radius 1 is 1.14 bits per heavy atom. The number of nitrogens with one attached hydrogen (secondary N) is 1. The van der Waals surface area contributed by atoms with Crippen molar-refractivity contribution in [3.8, 4) is 0 Å². The molecule has 0 bridgehead atoms. The molecule has 118 valence electrons. The van der Waals surface area contributed by atoms with Crippen LogP contribution in [-0.2, 0) is 5.41 Å². The van der Waals surface area contributed by atoms with Gasteiger partial charge in [0, 0.05) is 16.4 Å². The van der Waals surface area contributed by atoms with Crippen molar-refractivity contribution in [1.82, 2.24) is 5.32 Å². The Hall–Kier alpha value is -0.340. The van der Waals surface area contributed by atoms with Crippen LogP contribution in [0.3, 0.4) is 0 Å². The zero-order chi connectivity index (χ0) is 15.5. The van der Waals surface area contributed by atoms with Crippen LogP contribution < -0.4 is 5.32 Å². The second-order valence-electron chi connectivity index (χ2n) is 7.35. The predicted octanol–water partition coefficient (Wildman–Crippen LogP) is 5.53. The zero-order valence-corrected chi connectivity index (χ0v) is 15.6. The SMILES string of the molecule is CCC1(CC)CC(CNCC(C)C)(c2ccccc2Br)C1. The highest BCUT2D eigenvalue weighted by atomic mass is 79.9. The van der Waals surface area contributed by atoms with Crippen molar-refractivity contribution in [3.05, 3.63) is 34.3 Å². The molecule has 1 saturated carbocycles. The van der Waals surface area contributed by atoms with E-state index in [4.69, 9.17) is 0 Å². The van der Waals surface area contributed by atoms with Crippen LogP contribution in [0.4, 0.5) is 0 Å². The molecule has 1 aliphatic carbocycles. The zero-order valence-electron chi connectivity index (χ0n) is 14.0. The highest BCUT2D eigenvalue weighted by Crippen LogP contribution is 2.59. The van der Waals surface area contributed by atoms with E-state index in [-0.39, 0.29) is 0 Å². The van der Waals surface area contributed by atoms with Crippen molar-refractivity contribution in [2.75, 3.05) is 13.1 Å². The number of halogens is 1. The molecule has 1 N–H and O–H groups in total. The minimum Gasteiger partial charge on any atom is -0.316 e. The third-order valence-electron chi connectivity index (χ3n) is 5.39. The highest BCUT2D eigenvalue weighted by Gasteiger charge is 2.53. The lowest BCUT2D eigenvalue weighted by molar-refractivity contribution is 0.0122. The van der Waals surface area contributed by atoms with E-state index in [9.17, 15) is 0 Å². The van der Waals surface area contributed by atoms with E-state index in [1.807, 2.05) is 0 Å². The molecule has 2 heteroatoms. The monoisotopic (exact) mass is 351 g/mol. The van der Waals surface area contributed by atoms with Gasteiger partial charge in [0.2, 0.25) is 0 Å². The van der Waals surface area contributed by atoms with E-state index in [1.165, 1.54) is 35.7 Å². The molecule has 0 saturated heterocycles. The Kier molecular flexibility index (Phi) is 5.54. The first-order chi connectivity index (χ1) is 9.97. The van der Waals surface area contributed by atoms with Crippen LogP contribution >= 0.6 is 15.9 Å². The first-order valence-electron chi connectivity index (χ1n) is 8.43. The van der Waals surface area contributed by atoms with Crippen molar-refractivity contribution in [2.24, 2.45) is 11.3 Å². The first kappa shape index (κ1) is 17.0. The maximum Gasteiger partial charge on any atom is 0.0213 e. The maximum atomic E-state index is 3.78. The fourth-order valence-electron chi connectivity index (χ4n) is 4.04. The van der Waals surface area contributed by atoms with Crippen LogP contribution in [0.25, 0.3) is 0 Å². The van der Waals surface area contributed by atoms with Gasteiger partial charge in [-0.2, -0.15) is 0 Å². The number of benzene rings is 1. The van der Waals surface area contributed by atoms with Crippen LogP contribution in [0.15, 0.2) is 28.7 Å². The number of hydrogen-bond acceptors (Lipinski definition) is 1. The molecule has 0 radical (unpaired) electrons. The quantitative estimate of drug-likeness (QED) is 0.680. The molecule has 0 amide bonds. The Morgan fingerprint density at radius 2 is 1.76 bits per heavy atom. The fraction of sp³-hybridized carbons (Fsp3) is 0.684. The summed E-state index contributed by atoms with van der Waals surface area (Å²) in [6.07, 6.45) is 5.25. The molecule has 21 heavy (non-hydrogen) atoms. The van der Waals surface area contributed by atoms with E-state index < -0.39 is 0 Å². The molecule has 1 aliphatic rings. The van der Waals surface area contributed by atoms with Gasteiger partial charge in [-0.25, -0.2) is 0 Å². The second kappa shape index (κ2) is 6.83. The number of hydrogen-bond donors (Lipinski definition) is 1. The Balaban J connectivity index is 2.19. The van der Waals surface area contributed by atoms with Gasteiger partial charge in [0.25, 0.3) is 0 Å². The summed E-state index contributed by atoms with van der Waals surface area (Å²) >= 11 is 3.78. The van der Waals surface area contributed by atoms with Gasteiger partial charge in [-0.15, -0.1) is 0 Å². The van der Waals surface area contributed by atoms with E-state index >= 15 is 0 Å². The molecule has 2 rings (SSSR count). The Morgan fingerprint density at radius 3 is 2.29 bits per heavy atom. The van der Waals surface area contributed by atoms with Crippen LogP contribution in [0.5, 0.6) is 0 Å². The summed E-state index contributed by atoms with van der Waals surface area (Å²) in [4.78, 5) is 0. The third-order valence-corrected chi connectivity index (χ3v) is 6.08. The standard InChI is InChI=1S/C19H30BrN/c1-5-18(6-2)12-19(13-18,14-21-11-15(3)4)16-9-7-8-10-17(16)20/h7-10,15,21H,5-6,11-14H2,1-4H3. The third kappa shape index (κ3) is 3.53. The molecule has 0 unspecified atom stereocenters. The Bertz CT molecular complexity index is 454. The van der Waals surface area contributed by atoms with Crippen molar-refractivity contribution < 1.29 is 0 Å². The van der Waals surface area contributed by atoms with Crippen molar-refractivity contribution in [1.29, 1.82) is 0 Å². The van der Waals surface area contributed by atoms with E-state index in [1.54, 1.807) is 0 Å². The van der Waals surface area contributed by atoms with Gasteiger partial charge in [-0.1, -0.05) is 74.7 Å². The normalized spacial score (nSPS) is 19.5. The van der Waals surface area contributed by atoms with Gasteiger partial charge in [0.15, 0.2) is 0 Å². The fourth-order valence-corrected chi connectivity index (χ4v) is 4.74. The minimum absolute atomic E-state index is 0.320. The molecule has 1 fully saturated rings. The minimum atomic E-state index is 0.320. The van der Waals surface area contributed by atoms with Crippen LogP contribution in [-0.4, -0.2) is 13.1 Å². The van der Waals surface area contributed by atoms with Gasteiger partial charge < -0.3 is 5.32 Å². The Labute approximate surface area is 139 Å². The van der Waals surface area contributed by atoms with Crippen molar-refractivity contribution >= 4 is 15.9 Å². The van der Waals surface area contributed by atoms with Gasteiger partial charge in [-0.05, 0) is 42.3 Å². The predicted molar refractivity (Wildman–Crippen MR) is 95.8 cm³/mol. The van der Waals surface area contributed by atoms with Crippen molar-refractivity contribution in [3.63, 3.8) is 0 Å². The van der Waals surface area contributed by atoms with Crippen LogP contribution in [0.2, 0.25) is 0 Å². The summed E-state index contributed by atoms with van der Waals surface area (Å²) in [7, 11) is 0. The molecule has 1 aromatic carbocycles. The largest absolute Gasteiger partial charge is 0.316 e. The highest BCUT2D eigenvalue weighted by molar-refractivity contribution is 9.10. The smallest absolute Gasteiger partial charge is 0.0213 e. The van der Waals surface area contributed by atoms with E-state index in [2.05, 4.69) is 73.2 Å². The van der Waals surface area contributed by atoms with Gasteiger partial charge in [0.1, 0.15) is 0 Å². The lowest BCUT2D eigenvalue weighted by atomic mass is 9.48. The summed E-state index contributed by atoms with van der Waals surface area (Å²) in [6, 6.07) is 8.81. The molecule has 0 heterocycles. The topological polar surface area (TPSA) is 12.0 Å². The van der Waals surface area contributed by atoms with Crippen LogP contribution in [0, 0.1) is 11.3 Å². The average Bonchev–Trinajstić information content (AvgIpc) is 2.42. The van der Waals surface area contributed by atoms with Crippen LogP contribution in [0.1, 0.15) is 58.9 Å². The summed E-state index contributed by atoms with van der Waals surface area (Å²) in [5.74, 6) is 0.712. The number of rotatable bonds is 7. The van der Waals surface area contributed by atoms with Gasteiger partial charge in [-0.3, -0.25) is 0 Å². The second-order valence-corrected chi connectivity index (χ2v) is 8.20. The average molecular weight is 352 g/mol. The summed E-state index contributed by atoms with van der Waals surface area (Å²) in [5, 5.41) is 3.72. The molecule has 0 aliphatic heterocycles. The summed E-state index contributed by atoms with van der Waals surface area (Å²) in [5.41, 5.74) is 2.38. The van der Waals surface area contributed by atoms with Gasteiger partial charge in [0.05, 0.1) is 0 Å². The maximum absolute atomic E-state index is 3.78. The van der Waals surface area contributed by atoms with Crippen molar-refractivity contribution in [2.45, 2.75) is 58.8 Å².